The number of rotatable bonds is 4. The molecule has 1 heterocycles. The lowest BCUT2D eigenvalue weighted by molar-refractivity contribution is 0.541. The summed E-state index contributed by atoms with van der Waals surface area (Å²) < 4.78 is 1.84. The first-order valence-corrected chi connectivity index (χ1v) is 4.43. The first-order chi connectivity index (χ1) is 5.77. The Labute approximate surface area is 73.8 Å². The monoisotopic (exact) mass is 167 g/mol. The molecule has 1 aromatic rings. The van der Waals surface area contributed by atoms with Gasteiger partial charge in [-0.05, 0) is 13.5 Å². The van der Waals surface area contributed by atoms with Crippen molar-refractivity contribution in [1.29, 1.82) is 0 Å². The van der Waals surface area contributed by atoms with Crippen molar-refractivity contribution in [2.75, 3.05) is 7.05 Å². The smallest absolute Gasteiger partial charge is 0.0537 e. The SMILES string of the molecule is CCCC(NC)c1cnn(C)c1. The van der Waals surface area contributed by atoms with Crippen molar-refractivity contribution in [3.05, 3.63) is 18.0 Å². The van der Waals surface area contributed by atoms with Gasteiger partial charge >= 0.3 is 0 Å². The van der Waals surface area contributed by atoms with E-state index in [2.05, 4.69) is 23.5 Å². The Morgan fingerprint density at radius 2 is 2.42 bits per heavy atom. The average molecular weight is 167 g/mol. The summed E-state index contributed by atoms with van der Waals surface area (Å²) >= 11 is 0. The number of aromatic nitrogens is 2. The molecule has 12 heavy (non-hydrogen) atoms. The average Bonchev–Trinajstić information content (AvgIpc) is 2.47. The van der Waals surface area contributed by atoms with Gasteiger partial charge in [0.15, 0.2) is 0 Å². The van der Waals surface area contributed by atoms with Gasteiger partial charge in [0.25, 0.3) is 0 Å². The maximum absolute atomic E-state index is 4.14. The molecule has 3 nitrogen and oxygen atoms in total. The molecule has 1 atom stereocenters. The van der Waals surface area contributed by atoms with E-state index in [-0.39, 0.29) is 0 Å². The second-order valence-electron chi connectivity index (χ2n) is 3.08. The van der Waals surface area contributed by atoms with Gasteiger partial charge in [-0.1, -0.05) is 13.3 Å². The van der Waals surface area contributed by atoms with Gasteiger partial charge in [0.1, 0.15) is 0 Å². The highest BCUT2D eigenvalue weighted by Crippen LogP contribution is 2.16. The number of hydrogen-bond acceptors (Lipinski definition) is 2. The van der Waals surface area contributed by atoms with Gasteiger partial charge in [0.2, 0.25) is 0 Å². The molecule has 0 amide bonds. The van der Waals surface area contributed by atoms with E-state index in [0.717, 1.165) is 0 Å². The minimum Gasteiger partial charge on any atom is -0.313 e. The maximum Gasteiger partial charge on any atom is 0.0537 e. The first-order valence-electron chi connectivity index (χ1n) is 4.43. The molecule has 3 heteroatoms. The summed E-state index contributed by atoms with van der Waals surface area (Å²) in [5, 5.41) is 7.42. The molecule has 0 aliphatic carbocycles. The fourth-order valence-electron chi connectivity index (χ4n) is 1.39. The Kier molecular flexibility index (Phi) is 3.29. The molecule has 1 N–H and O–H groups in total. The molecule has 68 valence electrons. The summed E-state index contributed by atoms with van der Waals surface area (Å²) in [6.45, 7) is 2.20. The van der Waals surface area contributed by atoms with Crippen LogP contribution in [0.2, 0.25) is 0 Å². The van der Waals surface area contributed by atoms with E-state index in [0.29, 0.717) is 6.04 Å². The van der Waals surface area contributed by atoms with Gasteiger partial charge in [0, 0.05) is 24.8 Å². The maximum atomic E-state index is 4.14. The Morgan fingerprint density at radius 1 is 1.67 bits per heavy atom. The summed E-state index contributed by atoms with van der Waals surface area (Å²) in [5.74, 6) is 0. The van der Waals surface area contributed by atoms with Gasteiger partial charge in [-0.2, -0.15) is 5.10 Å². The number of nitrogens with one attached hydrogen (secondary N) is 1. The standard InChI is InChI=1S/C9H17N3/c1-4-5-9(10-2)8-6-11-12(3)7-8/h6-7,9-10H,4-5H2,1-3H3. The van der Waals surface area contributed by atoms with Gasteiger partial charge in [-0.25, -0.2) is 0 Å². The second kappa shape index (κ2) is 4.26. The fourth-order valence-corrected chi connectivity index (χ4v) is 1.39. The zero-order chi connectivity index (χ0) is 8.97. The Balaban J connectivity index is 2.66. The van der Waals surface area contributed by atoms with Crippen LogP contribution < -0.4 is 5.32 Å². The molecular weight excluding hydrogens is 150 g/mol. The van der Waals surface area contributed by atoms with E-state index >= 15 is 0 Å². The molecule has 1 unspecified atom stereocenters. The van der Waals surface area contributed by atoms with E-state index < -0.39 is 0 Å². The molecule has 0 aromatic carbocycles. The fraction of sp³-hybridized carbons (Fsp3) is 0.667. The highest BCUT2D eigenvalue weighted by molar-refractivity contribution is 5.09. The Morgan fingerprint density at radius 3 is 2.83 bits per heavy atom. The van der Waals surface area contributed by atoms with Crippen LogP contribution in [0.3, 0.4) is 0 Å². The lowest BCUT2D eigenvalue weighted by Crippen LogP contribution is -2.15. The summed E-state index contributed by atoms with van der Waals surface area (Å²) in [7, 11) is 3.94. The van der Waals surface area contributed by atoms with Crippen LogP contribution in [0.5, 0.6) is 0 Å². The second-order valence-corrected chi connectivity index (χ2v) is 3.08. The third kappa shape index (κ3) is 2.08. The zero-order valence-corrected chi connectivity index (χ0v) is 8.04. The van der Waals surface area contributed by atoms with Crippen LogP contribution >= 0.6 is 0 Å². The van der Waals surface area contributed by atoms with Gasteiger partial charge in [-0.15, -0.1) is 0 Å². The normalized spacial score (nSPS) is 13.2. The van der Waals surface area contributed by atoms with Crippen LogP contribution in [0.4, 0.5) is 0 Å². The zero-order valence-electron chi connectivity index (χ0n) is 8.04. The predicted molar refractivity (Wildman–Crippen MR) is 49.9 cm³/mol. The van der Waals surface area contributed by atoms with E-state index in [9.17, 15) is 0 Å². The molecule has 0 radical (unpaired) electrons. The van der Waals surface area contributed by atoms with E-state index in [1.54, 1.807) is 0 Å². The van der Waals surface area contributed by atoms with Crippen LogP contribution in [0.1, 0.15) is 31.4 Å². The Hall–Kier alpha value is -0.830. The highest BCUT2D eigenvalue weighted by Gasteiger charge is 2.08. The summed E-state index contributed by atoms with van der Waals surface area (Å²) in [4.78, 5) is 0. The van der Waals surface area contributed by atoms with Gasteiger partial charge < -0.3 is 5.32 Å². The molecule has 0 aliphatic rings. The van der Waals surface area contributed by atoms with Crippen molar-refractivity contribution in [3.63, 3.8) is 0 Å². The third-order valence-corrected chi connectivity index (χ3v) is 2.05. The third-order valence-electron chi connectivity index (χ3n) is 2.05. The molecular formula is C9H17N3. The van der Waals surface area contributed by atoms with Gasteiger partial charge in [-0.3, -0.25) is 4.68 Å². The molecule has 0 spiro atoms. The van der Waals surface area contributed by atoms with E-state index in [4.69, 9.17) is 0 Å². The minimum absolute atomic E-state index is 0.462. The van der Waals surface area contributed by atoms with E-state index in [1.165, 1.54) is 18.4 Å². The summed E-state index contributed by atoms with van der Waals surface area (Å²) in [6, 6.07) is 0.462. The molecule has 0 fully saturated rings. The summed E-state index contributed by atoms with van der Waals surface area (Å²) in [5.41, 5.74) is 1.28. The van der Waals surface area contributed by atoms with Crippen LogP contribution in [0, 0.1) is 0 Å². The number of hydrogen-bond donors (Lipinski definition) is 1. The van der Waals surface area contributed by atoms with Crippen molar-refractivity contribution in [2.24, 2.45) is 7.05 Å². The van der Waals surface area contributed by atoms with Crippen LogP contribution in [0.15, 0.2) is 12.4 Å². The van der Waals surface area contributed by atoms with Crippen molar-refractivity contribution in [2.45, 2.75) is 25.8 Å². The van der Waals surface area contributed by atoms with E-state index in [1.807, 2.05) is 25.0 Å². The molecule has 0 bridgehead atoms. The van der Waals surface area contributed by atoms with Crippen molar-refractivity contribution >= 4 is 0 Å². The predicted octanol–water partition coefficient (Wildman–Crippen LogP) is 1.48. The number of nitrogens with zero attached hydrogens (tertiary/aromatic N) is 2. The molecule has 1 rings (SSSR count). The largest absolute Gasteiger partial charge is 0.313 e. The van der Waals surface area contributed by atoms with Gasteiger partial charge in [0.05, 0.1) is 6.20 Å². The molecule has 1 aromatic heterocycles. The topological polar surface area (TPSA) is 29.9 Å². The van der Waals surface area contributed by atoms with Crippen LogP contribution in [-0.2, 0) is 7.05 Å². The van der Waals surface area contributed by atoms with Crippen molar-refractivity contribution in [3.8, 4) is 0 Å². The quantitative estimate of drug-likeness (QED) is 0.736. The lowest BCUT2D eigenvalue weighted by atomic mass is 10.1. The van der Waals surface area contributed by atoms with Crippen LogP contribution in [0.25, 0.3) is 0 Å². The minimum atomic E-state index is 0.462. The highest BCUT2D eigenvalue weighted by atomic mass is 15.2. The summed E-state index contributed by atoms with van der Waals surface area (Å²) in [6.07, 6.45) is 6.36. The van der Waals surface area contributed by atoms with Crippen LogP contribution in [-0.4, -0.2) is 16.8 Å². The van der Waals surface area contributed by atoms with Crippen molar-refractivity contribution in [1.82, 2.24) is 15.1 Å². The van der Waals surface area contributed by atoms with Crippen molar-refractivity contribution < 1.29 is 0 Å². The molecule has 0 aliphatic heterocycles. The number of aryl methyl sites for hydroxylation is 1. The molecule has 0 saturated carbocycles. The molecule has 0 saturated heterocycles. The lowest BCUT2D eigenvalue weighted by Gasteiger charge is -2.12. The Bertz CT molecular complexity index is 229. The first kappa shape index (κ1) is 9.26.